The van der Waals surface area contributed by atoms with Crippen molar-refractivity contribution in [1.82, 2.24) is 4.90 Å². The van der Waals surface area contributed by atoms with E-state index in [-0.39, 0.29) is 18.5 Å². The second-order valence-electron chi connectivity index (χ2n) is 5.02. The van der Waals surface area contributed by atoms with Crippen LogP contribution in [0.4, 0.5) is 4.79 Å². The lowest BCUT2D eigenvalue weighted by Crippen LogP contribution is -2.55. The van der Waals surface area contributed by atoms with Crippen molar-refractivity contribution in [3.05, 3.63) is 11.8 Å². The molecular formula is C15H22N3O4+. The van der Waals surface area contributed by atoms with Crippen molar-refractivity contribution in [1.29, 1.82) is 0 Å². The molecule has 0 aliphatic carbocycles. The van der Waals surface area contributed by atoms with Crippen molar-refractivity contribution in [2.75, 3.05) is 33.4 Å². The molecule has 0 aromatic carbocycles. The number of amidine groups is 1. The molecule has 0 bridgehead atoms. The lowest BCUT2D eigenvalue weighted by molar-refractivity contribution is -0.408. The Hall–Kier alpha value is -2.02. The highest BCUT2D eigenvalue weighted by Crippen LogP contribution is 2.25. The van der Waals surface area contributed by atoms with E-state index in [1.165, 1.54) is 9.48 Å². The summed E-state index contributed by atoms with van der Waals surface area (Å²) in [6.07, 6.45) is 4.09. The molecule has 0 aromatic heterocycles. The number of carbonyl (C=O) groups is 2. The topological polar surface area (TPSA) is 71.2 Å². The average molecular weight is 308 g/mol. The van der Waals surface area contributed by atoms with Crippen LogP contribution < -0.4 is 0 Å². The zero-order chi connectivity index (χ0) is 16.1. The number of hydrogen-bond donors (Lipinski definition) is 0. The number of urea groups is 1. The van der Waals surface area contributed by atoms with Gasteiger partial charge in [0.2, 0.25) is 0 Å². The molecule has 1 atom stereocenters. The molecule has 1 unspecified atom stereocenters. The Morgan fingerprint density at radius 2 is 2.09 bits per heavy atom. The van der Waals surface area contributed by atoms with Gasteiger partial charge in [0.1, 0.15) is 12.0 Å². The largest absolute Gasteiger partial charge is 0.496 e. The molecule has 0 spiro atoms. The highest BCUT2D eigenvalue weighted by Gasteiger charge is 2.49. The summed E-state index contributed by atoms with van der Waals surface area (Å²) in [6, 6.07) is -0.384. The number of dihydropyridines is 1. The minimum absolute atomic E-state index is 0.227. The van der Waals surface area contributed by atoms with Crippen LogP contribution in [0, 0.1) is 5.92 Å². The Labute approximate surface area is 129 Å². The van der Waals surface area contributed by atoms with E-state index in [2.05, 4.69) is 4.99 Å². The van der Waals surface area contributed by atoms with Crippen molar-refractivity contribution in [3.8, 4) is 0 Å². The van der Waals surface area contributed by atoms with E-state index in [4.69, 9.17) is 9.47 Å². The number of aliphatic imine (C=N–C) groups is 1. The number of hydrogen-bond acceptors (Lipinski definition) is 5. The first-order valence-corrected chi connectivity index (χ1v) is 7.52. The maximum atomic E-state index is 12.7. The van der Waals surface area contributed by atoms with Crippen molar-refractivity contribution >= 4 is 24.0 Å². The monoisotopic (exact) mass is 308 g/mol. The molecule has 0 N–H and O–H groups in total. The SMILES string of the molecule is CCCOC1=CC=NC2=[N+](C)C(=O)N(CCOCC)C(=O)C12. The first-order chi connectivity index (χ1) is 10.6. The summed E-state index contributed by atoms with van der Waals surface area (Å²) in [5.74, 6) is -0.00763. The van der Waals surface area contributed by atoms with Crippen LogP contribution in [-0.4, -0.2) is 66.9 Å². The van der Waals surface area contributed by atoms with Crippen LogP contribution in [-0.2, 0) is 14.3 Å². The molecule has 0 aromatic rings. The Morgan fingerprint density at radius 1 is 1.32 bits per heavy atom. The average Bonchev–Trinajstić information content (AvgIpc) is 2.53. The smallest absolute Gasteiger partial charge is 0.445 e. The fourth-order valence-corrected chi connectivity index (χ4v) is 2.38. The summed E-state index contributed by atoms with van der Waals surface area (Å²) in [5, 5.41) is 0. The molecule has 120 valence electrons. The highest BCUT2D eigenvalue weighted by molar-refractivity contribution is 6.15. The van der Waals surface area contributed by atoms with Crippen LogP contribution in [0.15, 0.2) is 16.8 Å². The van der Waals surface area contributed by atoms with Gasteiger partial charge in [0.25, 0.3) is 5.84 Å². The van der Waals surface area contributed by atoms with Gasteiger partial charge in [-0.25, -0.2) is 4.79 Å². The predicted molar refractivity (Wildman–Crippen MR) is 81.1 cm³/mol. The van der Waals surface area contributed by atoms with Gasteiger partial charge in [-0.2, -0.15) is 9.48 Å². The summed E-state index contributed by atoms with van der Waals surface area (Å²) in [4.78, 5) is 30.4. The minimum Gasteiger partial charge on any atom is -0.496 e. The Bertz CT molecular complexity index is 551. The van der Waals surface area contributed by atoms with E-state index in [1.54, 1.807) is 19.3 Å². The molecule has 2 heterocycles. The second kappa shape index (κ2) is 7.31. The molecule has 2 rings (SSSR count). The zero-order valence-corrected chi connectivity index (χ0v) is 13.2. The van der Waals surface area contributed by atoms with E-state index >= 15 is 0 Å². The van der Waals surface area contributed by atoms with Gasteiger partial charge >= 0.3 is 11.9 Å². The van der Waals surface area contributed by atoms with Crippen LogP contribution in [0.25, 0.3) is 0 Å². The number of rotatable bonds is 7. The molecule has 0 fully saturated rings. The van der Waals surface area contributed by atoms with Gasteiger partial charge in [-0.05, 0) is 13.3 Å². The summed E-state index contributed by atoms with van der Waals surface area (Å²) in [7, 11) is 1.62. The number of carbonyl (C=O) groups excluding carboxylic acids is 2. The molecule has 0 radical (unpaired) electrons. The fraction of sp³-hybridized carbons (Fsp3) is 0.600. The number of ether oxygens (including phenoxy) is 2. The first-order valence-electron chi connectivity index (χ1n) is 7.52. The molecular weight excluding hydrogens is 286 g/mol. The van der Waals surface area contributed by atoms with Gasteiger partial charge in [-0.1, -0.05) is 6.92 Å². The van der Waals surface area contributed by atoms with E-state index in [0.29, 0.717) is 31.4 Å². The summed E-state index contributed by atoms with van der Waals surface area (Å²) in [5.41, 5.74) is 0. The zero-order valence-electron chi connectivity index (χ0n) is 13.2. The maximum Gasteiger partial charge on any atom is 0.445 e. The predicted octanol–water partition coefficient (Wildman–Crippen LogP) is 1.04. The summed E-state index contributed by atoms with van der Waals surface area (Å²) >= 11 is 0. The van der Waals surface area contributed by atoms with E-state index < -0.39 is 5.92 Å². The van der Waals surface area contributed by atoms with Crippen LogP contribution in [0.2, 0.25) is 0 Å². The van der Waals surface area contributed by atoms with Gasteiger partial charge in [-0.15, -0.1) is 4.99 Å². The lowest BCUT2D eigenvalue weighted by atomic mass is 9.99. The maximum absolute atomic E-state index is 12.7. The summed E-state index contributed by atoms with van der Waals surface area (Å²) in [6.45, 7) is 5.48. The van der Waals surface area contributed by atoms with Gasteiger partial charge in [0.05, 0.1) is 26.8 Å². The second-order valence-corrected chi connectivity index (χ2v) is 5.02. The third-order valence-electron chi connectivity index (χ3n) is 3.50. The van der Waals surface area contributed by atoms with Crippen molar-refractivity contribution in [3.63, 3.8) is 0 Å². The molecule has 0 saturated carbocycles. The lowest BCUT2D eigenvalue weighted by Gasteiger charge is -2.28. The number of fused-ring (bicyclic) bond motifs is 1. The molecule has 22 heavy (non-hydrogen) atoms. The molecule has 3 amide bonds. The van der Waals surface area contributed by atoms with E-state index in [9.17, 15) is 9.59 Å². The van der Waals surface area contributed by atoms with Crippen LogP contribution in [0.1, 0.15) is 20.3 Å². The third-order valence-corrected chi connectivity index (χ3v) is 3.50. The van der Waals surface area contributed by atoms with Crippen LogP contribution in [0.3, 0.4) is 0 Å². The van der Waals surface area contributed by atoms with E-state index in [0.717, 1.165) is 6.42 Å². The molecule has 0 saturated heterocycles. The number of nitrogens with zero attached hydrogens (tertiary/aromatic N) is 3. The summed E-state index contributed by atoms with van der Waals surface area (Å²) < 4.78 is 12.3. The first kappa shape index (κ1) is 16.4. The molecule has 7 heteroatoms. The number of allylic oxidation sites excluding steroid dienone is 1. The number of imide groups is 1. The molecule has 2 aliphatic rings. The fourth-order valence-electron chi connectivity index (χ4n) is 2.38. The van der Waals surface area contributed by atoms with Crippen LogP contribution >= 0.6 is 0 Å². The van der Waals surface area contributed by atoms with Gasteiger partial charge in [-0.3, -0.25) is 4.79 Å². The standard InChI is InChI=1S/C15H22N3O4/c1-4-9-22-11-6-7-16-13-12(11)14(19)18(8-10-21-5-2)15(20)17(13)3/h6-7,12H,4-5,8-10H2,1-3H3/q+1. The number of amides is 3. The van der Waals surface area contributed by atoms with Crippen molar-refractivity contribution in [2.45, 2.75) is 20.3 Å². The Morgan fingerprint density at radius 3 is 2.77 bits per heavy atom. The van der Waals surface area contributed by atoms with Crippen molar-refractivity contribution < 1.29 is 23.6 Å². The quantitative estimate of drug-likeness (QED) is 0.520. The van der Waals surface area contributed by atoms with Gasteiger partial charge < -0.3 is 9.47 Å². The minimum atomic E-state index is -0.652. The van der Waals surface area contributed by atoms with Gasteiger partial charge in [0, 0.05) is 12.7 Å². The molecule has 2 aliphatic heterocycles. The molecule has 7 nitrogen and oxygen atoms in total. The van der Waals surface area contributed by atoms with Crippen LogP contribution in [0.5, 0.6) is 0 Å². The third kappa shape index (κ3) is 3.09. The van der Waals surface area contributed by atoms with E-state index in [1.807, 2.05) is 13.8 Å². The highest BCUT2D eigenvalue weighted by atomic mass is 16.5. The normalized spacial score (nSPS) is 21.1. The van der Waals surface area contributed by atoms with Crippen molar-refractivity contribution in [2.24, 2.45) is 10.9 Å². The Kier molecular flexibility index (Phi) is 5.43. The Balaban J connectivity index is 2.26. The van der Waals surface area contributed by atoms with Gasteiger partial charge in [0.15, 0.2) is 5.92 Å².